The molecule has 24 heavy (non-hydrogen) atoms. The lowest BCUT2D eigenvalue weighted by Gasteiger charge is -2.47. The molecule has 0 unspecified atom stereocenters. The summed E-state index contributed by atoms with van der Waals surface area (Å²) >= 11 is 0. The summed E-state index contributed by atoms with van der Waals surface area (Å²) < 4.78 is 43.0. The summed E-state index contributed by atoms with van der Waals surface area (Å²) in [5, 5.41) is 0. The molecule has 7 heteroatoms. The monoisotopic (exact) mass is 342 g/mol. The molecule has 0 radical (unpaired) electrons. The van der Waals surface area contributed by atoms with Gasteiger partial charge in [0.15, 0.2) is 0 Å². The average Bonchev–Trinajstić information content (AvgIpc) is 2.53. The van der Waals surface area contributed by atoms with Crippen LogP contribution in [0.2, 0.25) is 0 Å². The number of rotatable bonds is 3. The van der Waals surface area contributed by atoms with Gasteiger partial charge in [-0.05, 0) is 37.1 Å². The van der Waals surface area contributed by atoms with Crippen LogP contribution in [0.4, 0.5) is 13.2 Å². The van der Waals surface area contributed by atoms with Gasteiger partial charge in [-0.25, -0.2) is 0 Å². The van der Waals surface area contributed by atoms with Crippen LogP contribution in [-0.4, -0.2) is 61.1 Å². The Balaban J connectivity index is 1.51. The third-order valence-electron chi connectivity index (χ3n) is 4.93. The Labute approximate surface area is 139 Å². The molecule has 2 aliphatic heterocycles. The molecular formula is C17H21F3N2O2. The van der Waals surface area contributed by atoms with Crippen LogP contribution in [0.5, 0.6) is 0 Å². The van der Waals surface area contributed by atoms with Crippen molar-refractivity contribution < 1.29 is 22.7 Å². The second-order valence-electron chi connectivity index (χ2n) is 6.41. The lowest BCUT2D eigenvalue weighted by molar-refractivity contribution is -0.137. The van der Waals surface area contributed by atoms with E-state index in [1.165, 1.54) is 12.1 Å². The predicted molar refractivity (Wildman–Crippen MR) is 82.7 cm³/mol. The van der Waals surface area contributed by atoms with Crippen molar-refractivity contribution in [3.8, 4) is 0 Å². The summed E-state index contributed by atoms with van der Waals surface area (Å²) in [5.41, 5.74) is -0.430. The number of piperidine rings is 1. The number of hydrogen-bond acceptors (Lipinski definition) is 3. The molecule has 2 heterocycles. The zero-order valence-corrected chi connectivity index (χ0v) is 13.6. The highest BCUT2D eigenvalue weighted by Crippen LogP contribution is 2.29. The van der Waals surface area contributed by atoms with Crippen LogP contribution in [0.1, 0.15) is 28.8 Å². The van der Waals surface area contributed by atoms with E-state index >= 15 is 0 Å². The van der Waals surface area contributed by atoms with Crippen LogP contribution in [0.15, 0.2) is 24.3 Å². The largest absolute Gasteiger partial charge is 0.416 e. The lowest BCUT2D eigenvalue weighted by atomic mass is 10.00. The Morgan fingerprint density at radius 3 is 2.21 bits per heavy atom. The van der Waals surface area contributed by atoms with E-state index in [0.29, 0.717) is 30.8 Å². The van der Waals surface area contributed by atoms with Gasteiger partial charge in [0.05, 0.1) is 11.7 Å². The van der Waals surface area contributed by atoms with E-state index in [0.717, 1.165) is 38.1 Å². The van der Waals surface area contributed by atoms with Crippen LogP contribution in [-0.2, 0) is 10.9 Å². The molecule has 0 N–H and O–H groups in total. The van der Waals surface area contributed by atoms with Gasteiger partial charge in [0, 0.05) is 44.9 Å². The van der Waals surface area contributed by atoms with Crippen LogP contribution >= 0.6 is 0 Å². The van der Waals surface area contributed by atoms with E-state index in [2.05, 4.69) is 4.90 Å². The third-order valence-corrected chi connectivity index (χ3v) is 4.93. The number of carbonyl (C=O) groups excluding carboxylic acids is 1. The number of likely N-dealkylation sites (tertiary alicyclic amines) is 2. The van der Waals surface area contributed by atoms with Gasteiger partial charge in [-0.1, -0.05) is 0 Å². The number of ether oxygens (including phenoxy) is 1. The summed E-state index contributed by atoms with van der Waals surface area (Å²) in [4.78, 5) is 16.4. The molecule has 4 nitrogen and oxygen atoms in total. The molecule has 0 spiro atoms. The number of carbonyl (C=O) groups is 1. The second kappa shape index (κ2) is 6.72. The maximum absolute atomic E-state index is 12.6. The SMILES string of the molecule is COC1CCN(C2CN(C(=O)c3ccc(C(F)(F)F)cc3)C2)CC1. The summed E-state index contributed by atoms with van der Waals surface area (Å²) in [6.45, 7) is 3.20. The highest BCUT2D eigenvalue weighted by atomic mass is 19.4. The average molecular weight is 342 g/mol. The number of benzene rings is 1. The fourth-order valence-electron chi connectivity index (χ4n) is 3.31. The zero-order valence-electron chi connectivity index (χ0n) is 13.6. The molecule has 0 aromatic heterocycles. The molecule has 1 amide bonds. The number of alkyl halides is 3. The molecular weight excluding hydrogens is 321 g/mol. The molecule has 2 aliphatic rings. The summed E-state index contributed by atoms with van der Waals surface area (Å²) in [5.74, 6) is -0.202. The molecule has 1 aromatic carbocycles. The van der Waals surface area contributed by atoms with Gasteiger partial charge < -0.3 is 9.64 Å². The van der Waals surface area contributed by atoms with Crippen molar-refractivity contribution in [2.45, 2.75) is 31.2 Å². The lowest BCUT2D eigenvalue weighted by Crippen LogP contribution is -2.62. The van der Waals surface area contributed by atoms with Crippen molar-refractivity contribution in [1.82, 2.24) is 9.80 Å². The number of nitrogens with zero attached hydrogens (tertiary/aromatic N) is 2. The van der Waals surface area contributed by atoms with Gasteiger partial charge in [0.2, 0.25) is 0 Å². The molecule has 2 saturated heterocycles. The molecule has 0 bridgehead atoms. The summed E-state index contributed by atoms with van der Waals surface area (Å²) in [7, 11) is 1.73. The number of halogens is 3. The van der Waals surface area contributed by atoms with Crippen LogP contribution in [0.25, 0.3) is 0 Å². The topological polar surface area (TPSA) is 32.8 Å². The Kier molecular flexibility index (Phi) is 4.83. The minimum atomic E-state index is -4.38. The Morgan fingerprint density at radius 2 is 1.71 bits per heavy atom. The normalized spacial score (nSPS) is 20.9. The van der Waals surface area contributed by atoms with Crippen molar-refractivity contribution in [2.24, 2.45) is 0 Å². The predicted octanol–water partition coefficient (Wildman–Crippen LogP) is 2.64. The van der Waals surface area contributed by atoms with Gasteiger partial charge in [0.25, 0.3) is 5.91 Å². The second-order valence-corrected chi connectivity index (χ2v) is 6.41. The van der Waals surface area contributed by atoms with Gasteiger partial charge >= 0.3 is 6.18 Å². The molecule has 132 valence electrons. The van der Waals surface area contributed by atoms with Gasteiger partial charge in [-0.2, -0.15) is 13.2 Å². The van der Waals surface area contributed by atoms with Crippen molar-refractivity contribution in [3.05, 3.63) is 35.4 Å². The third kappa shape index (κ3) is 3.57. The number of amides is 1. The first-order valence-electron chi connectivity index (χ1n) is 8.12. The molecule has 0 saturated carbocycles. The fraction of sp³-hybridized carbons (Fsp3) is 0.588. The van der Waals surface area contributed by atoms with E-state index in [1.54, 1.807) is 12.0 Å². The molecule has 1 aromatic rings. The summed E-state index contributed by atoms with van der Waals surface area (Å²) in [6.07, 6.45) is -2.05. The first-order valence-corrected chi connectivity index (χ1v) is 8.12. The van der Waals surface area contributed by atoms with E-state index < -0.39 is 11.7 Å². The molecule has 3 rings (SSSR count). The van der Waals surface area contributed by atoms with E-state index in [-0.39, 0.29) is 5.91 Å². The maximum atomic E-state index is 12.6. The molecule has 2 fully saturated rings. The van der Waals surface area contributed by atoms with E-state index in [1.807, 2.05) is 0 Å². The van der Waals surface area contributed by atoms with Crippen molar-refractivity contribution in [2.75, 3.05) is 33.3 Å². The first-order chi connectivity index (χ1) is 11.4. The van der Waals surface area contributed by atoms with E-state index in [9.17, 15) is 18.0 Å². The highest BCUT2D eigenvalue weighted by molar-refractivity contribution is 5.94. The number of methoxy groups -OCH3 is 1. The zero-order chi connectivity index (χ0) is 17.3. The Morgan fingerprint density at radius 1 is 1.12 bits per heavy atom. The number of hydrogen-bond donors (Lipinski definition) is 0. The molecule has 0 atom stereocenters. The standard InChI is InChI=1S/C17H21F3N2O2/c1-24-15-6-8-21(9-7-15)14-10-22(11-14)16(23)12-2-4-13(5-3-12)17(18,19)20/h2-5,14-15H,6-11H2,1H3. The van der Waals surface area contributed by atoms with Crippen LogP contribution < -0.4 is 0 Å². The molecule has 0 aliphatic carbocycles. The minimum Gasteiger partial charge on any atom is -0.381 e. The first kappa shape index (κ1) is 17.2. The Hall–Kier alpha value is -1.60. The summed E-state index contributed by atoms with van der Waals surface area (Å²) in [6, 6.07) is 4.77. The van der Waals surface area contributed by atoms with Crippen LogP contribution in [0, 0.1) is 0 Å². The smallest absolute Gasteiger partial charge is 0.381 e. The van der Waals surface area contributed by atoms with Gasteiger partial charge in [0.1, 0.15) is 0 Å². The van der Waals surface area contributed by atoms with Crippen molar-refractivity contribution in [1.29, 1.82) is 0 Å². The highest BCUT2D eigenvalue weighted by Gasteiger charge is 2.37. The Bertz CT molecular complexity index is 574. The van der Waals surface area contributed by atoms with Crippen molar-refractivity contribution in [3.63, 3.8) is 0 Å². The van der Waals surface area contributed by atoms with Gasteiger partial charge in [-0.15, -0.1) is 0 Å². The quantitative estimate of drug-likeness (QED) is 0.847. The minimum absolute atomic E-state index is 0.202. The maximum Gasteiger partial charge on any atom is 0.416 e. The van der Waals surface area contributed by atoms with Crippen LogP contribution in [0.3, 0.4) is 0 Å². The van der Waals surface area contributed by atoms with Gasteiger partial charge in [-0.3, -0.25) is 9.69 Å². The fourth-order valence-corrected chi connectivity index (χ4v) is 3.31. The van der Waals surface area contributed by atoms with Crippen molar-refractivity contribution >= 4 is 5.91 Å². The van der Waals surface area contributed by atoms with E-state index in [4.69, 9.17) is 4.74 Å².